The van der Waals surface area contributed by atoms with Crippen LogP contribution >= 0.6 is 11.3 Å². The SMILES string of the molecule is O=S(=O)(c1cccs1)N1CCc2[nH]cnc2C1c1ccccc1. The third kappa shape index (κ3) is 2.41. The minimum Gasteiger partial charge on any atom is -0.348 e. The molecule has 0 saturated carbocycles. The van der Waals surface area contributed by atoms with Crippen molar-refractivity contribution in [3.8, 4) is 0 Å². The van der Waals surface area contributed by atoms with Gasteiger partial charge in [0, 0.05) is 18.7 Å². The first kappa shape index (κ1) is 14.6. The molecule has 1 atom stereocenters. The number of aromatic nitrogens is 2. The number of hydrogen-bond donors (Lipinski definition) is 1. The van der Waals surface area contributed by atoms with Crippen LogP contribution in [-0.2, 0) is 16.4 Å². The van der Waals surface area contributed by atoms with Crippen molar-refractivity contribution in [3.05, 3.63) is 71.1 Å². The van der Waals surface area contributed by atoms with Crippen molar-refractivity contribution in [2.75, 3.05) is 6.54 Å². The molecule has 0 aliphatic carbocycles. The van der Waals surface area contributed by atoms with Crippen LogP contribution < -0.4 is 0 Å². The Morgan fingerprint density at radius 3 is 2.74 bits per heavy atom. The van der Waals surface area contributed by atoms with Crippen molar-refractivity contribution in [1.82, 2.24) is 14.3 Å². The molecular weight excluding hydrogens is 330 g/mol. The molecule has 2 aromatic heterocycles. The number of thiophene rings is 1. The predicted octanol–water partition coefficient (Wildman–Crippen LogP) is 2.81. The maximum atomic E-state index is 13.1. The van der Waals surface area contributed by atoms with E-state index in [1.54, 1.807) is 28.1 Å². The van der Waals surface area contributed by atoms with Gasteiger partial charge in [-0.25, -0.2) is 13.4 Å². The van der Waals surface area contributed by atoms with Crippen molar-refractivity contribution in [2.24, 2.45) is 0 Å². The molecule has 0 fully saturated rings. The highest BCUT2D eigenvalue weighted by molar-refractivity contribution is 7.91. The van der Waals surface area contributed by atoms with Gasteiger partial charge in [-0.15, -0.1) is 11.3 Å². The lowest BCUT2D eigenvalue weighted by molar-refractivity contribution is 0.338. The van der Waals surface area contributed by atoms with E-state index in [0.29, 0.717) is 17.2 Å². The van der Waals surface area contributed by atoms with Gasteiger partial charge in [0.15, 0.2) is 0 Å². The van der Waals surface area contributed by atoms with Crippen LogP contribution in [0.5, 0.6) is 0 Å². The average Bonchev–Trinajstić information content (AvgIpc) is 3.26. The van der Waals surface area contributed by atoms with Crippen molar-refractivity contribution >= 4 is 21.4 Å². The molecule has 7 heteroatoms. The molecule has 1 aromatic carbocycles. The summed E-state index contributed by atoms with van der Waals surface area (Å²) in [6.07, 6.45) is 2.28. The highest BCUT2D eigenvalue weighted by Gasteiger charge is 2.39. The summed E-state index contributed by atoms with van der Waals surface area (Å²) in [5.41, 5.74) is 2.74. The van der Waals surface area contributed by atoms with Crippen LogP contribution in [0, 0.1) is 0 Å². The van der Waals surface area contributed by atoms with Gasteiger partial charge in [0.05, 0.1) is 18.1 Å². The van der Waals surface area contributed by atoms with Gasteiger partial charge in [-0.1, -0.05) is 36.4 Å². The Bertz CT molecular complexity index is 902. The van der Waals surface area contributed by atoms with E-state index in [1.165, 1.54) is 11.3 Å². The smallest absolute Gasteiger partial charge is 0.253 e. The zero-order valence-corrected chi connectivity index (χ0v) is 13.8. The molecule has 4 rings (SSSR count). The van der Waals surface area contributed by atoms with E-state index in [4.69, 9.17) is 0 Å². The van der Waals surface area contributed by atoms with Crippen molar-refractivity contribution in [1.29, 1.82) is 0 Å². The lowest BCUT2D eigenvalue weighted by Gasteiger charge is -2.33. The molecule has 1 aliphatic heterocycles. The van der Waals surface area contributed by atoms with Crippen molar-refractivity contribution < 1.29 is 8.42 Å². The van der Waals surface area contributed by atoms with Crippen LogP contribution in [0.1, 0.15) is 23.0 Å². The first-order valence-electron chi connectivity index (χ1n) is 7.30. The highest BCUT2D eigenvalue weighted by atomic mass is 32.2. The van der Waals surface area contributed by atoms with E-state index in [0.717, 1.165) is 17.0 Å². The maximum absolute atomic E-state index is 13.1. The second-order valence-corrected chi connectivity index (χ2v) is 8.44. The molecule has 0 spiro atoms. The van der Waals surface area contributed by atoms with Gasteiger partial charge in [0.25, 0.3) is 10.0 Å². The molecule has 3 aromatic rings. The summed E-state index contributed by atoms with van der Waals surface area (Å²) >= 11 is 1.25. The minimum absolute atomic E-state index is 0.373. The monoisotopic (exact) mass is 345 g/mol. The molecule has 1 N–H and O–H groups in total. The topological polar surface area (TPSA) is 66.1 Å². The lowest BCUT2D eigenvalue weighted by Crippen LogP contribution is -2.40. The Morgan fingerprint density at radius 2 is 2.00 bits per heavy atom. The van der Waals surface area contributed by atoms with Gasteiger partial charge in [0.1, 0.15) is 4.21 Å². The molecule has 1 unspecified atom stereocenters. The van der Waals surface area contributed by atoms with Gasteiger partial charge in [0.2, 0.25) is 0 Å². The Balaban J connectivity index is 1.86. The maximum Gasteiger partial charge on any atom is 0.253 e. The molecule has 0 amide bonds. The number of benzene rings is 1. The number of nitrogens with zero attached hydrogens (tertiary/aromatic N) is 2. The summed E-state index contributed by atoms with van der Waals surface area (Å²) < 4.78 is 28.1. The fourth-order valence-corrected chi connectivity index (χ4v) is 5.70. The van der Waals surface area contributed by atoms with E-state index in [1.807, 2.05) is 30.3 Å². The van der Waals surface area contributed by atoms with E-state index in [2.05, 4.69) is 9.97 Å². The number of aromatic amines is 1. The van der Waals surface area contributed by atoms with Gasteiger partial charge >= 0.3 is 0 Å². The van der Waals surface area contributed by atoms with Crippen molar-refractivity contribution in [2.45, 2.75) is 16.7 Å². The Kier molecular flexibility index (Phi) is 3.56. The Morgan fingerprint density at radius 1 is 1.17 bits per heavy atom. The summed E-state index contributed by atoms with van der Waals surface area (Å²) in [6, 6.07) is 12.7. The van der Waals surface area contributed by atoms with E-state index >= 15 is 0 Å². The molecule has 118 valence electrons. The van der Waals surface area contributed by atoms with E-state index in [9.17, 15) is 8.42 Å². The normalized spacial score (nSPS) is 18.7. The first-order valence-corrected chi connectivity index (χ1v) is 9.62. The summed E-state index contributed by atoms with van der Waals surface area (Å²) in [4.78, 5) is 7.54. The van der Waals surface area contributed by atoms with Gasteiger partial charge in [-0.3, -0.25) is 0 Å². The third-order valence-electron chi connectivity index (χ3n) is 4.05. The zero-order valence-electron chi connectivity index (χ0n) is 12.2. The van der Waals surface area contributed by atoms with Gasteiger partial charge in [-0.05, 0) is 17.0 Å². The lowest BCUT2D eigenvalue weighted by atomic mass is 9.98. The standard InChI is InChI=1S/C16H15N3O2S2/c20-23(21,14-7-4-10-22-14)19-9-8-13-15(18-11-17-13)16(19)12-5-2-1-3-6-12/h1-7,10-11,16H,8-9H2,(H,17,18). The number of nitrogens with one attached hydrogen (secondary N) is 1. The number of rotatable bonds is 3. The predicted molar refractivity (Wildman–Crippen MR) is 88.8 cm³/mol. The largest absolute Gasteiger partial charge is 0.348 e. The molecule has 3 heterocycles. The van der Waals surface area contributed by atoms with Gasteiger partial charge in [-0.2, -0.15) is 4.31 Å². The zero-order chi connectivity index (χ0) is 15.9. The van der Waals surface area contributed by atoms with Crippen LogP contribution in [-0.4, -0.2) is 29.2 Å². The fourth-order valence-electron chi connectivity index (χ4n) is 3.00. The minimum atomic E-state index is -3.54. The van der Waals surface area contributed by atoms with Crippen LogP contribution in [0.4, 0.5) is 0 Å². The number of imidazole rings is 1. The quantitative estimate of drug-likeness (QED) is 0.794. The molecule has 0 bridgehead atoms. The van der Waals surface area contributed by atoms with Crippen LogP contribution in [0.2, 0.25) is 0 Å². The number of sulfonamides is 1. The molecule has 5 nitrogen and oxygen atoms in total. The summed E-state index contributed by atoms with van der Waals surface area (Å²) in [5.74, 6) is 0. The molecule has 0 radical (unpaired) electrons. The summed E-state index contributed by atoms with van der Waals surface area (Å²) in [7, 11) is -3.54. The fraction of sp³-hybridized carbons (Fsp3) is 0.188. The van der Waals surface area contributed by atoms with E-state index in [-0.39, 0.29) is 0 Å². The van der Waals surface area contributed by atoms with Crippen LogP contribution in [0.25, 0.3) is 0 Å². The number of H-pyrrole nitrogens is 1. The third-order valence-corrected chi connectivity index (χ3v) is 7.29. The average molecular weight is 345 g/mol. The highest BCUT2D eigenvalue weighted by Crippen LogP contribution is 2.37. The Hall–Kier alpha value is -1.96. The molecule has 1 aliphatic rings. The molecular formula is C16H15N3O2S2. The van der Waals surface area contributed by atoms with E-state index < -0.39 is 16.1 Å². The second-order valence-electron chi connectivity index (χ2n) is 5.38. The number of fused-ring (bicyclic) bond motifs is 1. The van der Waals surface area contributed by atoms with Crippen LogP contribution in [0.3, 0.4) is 0 Å². The summed E-state index contributed by atoms with van der Waals surface area (Å²) in [6.45, 7) is 0.439. The number of hydrogen-bond acceptors (Lipinski definition) is 4. The van der Waals surface area contributed by atoms with Crippen molar-refractivity contribution in [3.63, 3.8) is 0 Å². The molecule has 0 saturated heterocycles. The Labute approximate surface area is 138 Å². The summed E-state index contributed by atoms with van der Waals surface area (Å²) in [5, 5.41) is 1.79. The first-order chi connectivity index (χ1) is 11.2. The van der Waals surface area contributed by atoms with Gasteiger partial charge < -0.3 is 4.98 Å². The van der Waals surface area contributed by atoms with Crippen LogP contribution in [0.15, 0.2) is 58.4 Å². The second kappa shape index (κ2) is 5.59. The molecule has 23 heavy (non-hydrogen) atoms.